The average Bonchev–Trinajstić information content (AvgIpc) is 2.68. The third-order valence-corrected chi connectivity index (χ3v) is 3.54. The molecule has 2 aromatic carbocycles. The van der Waals surface area contributed by atoms with Crippen LogP contribution < -0.4 is 10.1 Å². The highest BCUT2D eigenvalue weighted by Gasteiger charge is 2.19. The van der Waals surface area contributed by atoms with E-state index in [4.69, 9.17) is 9.47 Å². The maximum Gasteiger partial charge on any atom is 0.343 e. The second-order valence-corrected chi connectivity index (χ2v) is 5.31. The highest BCUT2D eigenvalue weighted by atomic mass is 16.6. The second-order valence-electron chi connectivity index (χ2n) is 5.31. The van der Waals surface area contributed by atoms with Gasteiger partial charge in [-0.25, -0.2) is 9.59 Å². The molecule has 0 atom stereocenters. The molecule has 0 aliphatic heterocycles. The number of nitrogens with one attached hydrogen (secondary N) is 1. The first-order valence-corrected chi connectivity index (χ1v) is 7.88. The fourth-order valence-corrected chi connectivity index (χ4v) is 2.19. The van der Waals surface area contributed by atoms with E-state index in [-0.39, 0.29) is 22.7 Å². The number of ether oxygens (including phenoxy) is 3. The summed E-state index contributed by atoms with van der Waals surface area (Å²) in [6.45, 7) is 0.760. The largest absolute Gasteiger partial charge is 0.465 e. The summed E-state index contributed by atoms with van der Waals surface area (Å²) in [4.78, 5) is 34.3. The molecular weight excluding hydrogens is 356 g/mol. The maximum atomic E-state index is 12.3. The lowest BCUT2D eigenvalue weighted by Gasteiger charge is -2.09. The molecule has 0 heterocycles. The molecule has 9 nitrogen and oxygen atoms in total. The van der Waals surface area contributed by atoms with Gasteiger partial charge in [0.15, 0.2) is 0 Å². The van der Waals surface area contributed by atoms with Gasteiger partial charge in [-0.3, -0.25) is 10.1 Å². The van der Waals surface area contributed by atoms with Crippen LogP contribution in [-0.4, -0.2) is 44.2 Å². The Bertz CT molecular complexity index is 834. The molecule has 0 fully saturated rings. The summed E-state index contributed by atoms with van der Waals surface area (Å²) in [7, 11) is 2.78. The number of nitro groups is 1. The van der Waals surface area contributed by atoms with E-state index >= 15 is 0 Å². The van der Waals surface area contributed by atoms with Crippen molar-refractivity contribution in [3.8, 4) is 5.75 Å². The van der Waals surface area contributed by atoms with Gasteiger partial charge in [0, 0.05) is 19.7 Å². The topological polar surface area (TPSA) is 117 Å². The highest BCUT2D eigenvalue weighted by Crippen LogP contribution is 2.26. The van der Waals surface area contributed by atoms with Gasteiger partial charge in [-0.05, 0) is 36.4 Å². The van der Waals surface area contributed by atoms with Crippen molar-refractivity contribution in [1.29, 1.82) is 0 Å². The van der Waals surface area contributed by atoms with E-state index in [1.54, 1.807) is 0 Å². The van der Waals surface area contributed by atoms with Crippen LogP contribution in [0, 0.1) is 10.1 Å². The summed E-state index contributed by atoms with van der Waals surface area (Å²) in [5.41, 5.74) is 0.355. The minimum atomic E-state index is -0.757. The van der Waals surface area contributed by atoms with Gasteiger partial charge in [-0.2, -0.15) is 0 Å². The van der Waals surface area contributed by atoms with Gasteiger partial charge in [0.1, 0.15) is 11.4 Å². The van der Waals surface area contributed by atoms with Crippen LogP contribution in [-0.2, 0) is 9.47 Å². The molecule has 0 aliphatic rings. The molecule has 0 saturated carbocycles. The average molecular weight is 374 g/mol. The predicted molar refractivity (Wildman–Crippen MR) is 96.2 cm³/mol. The van der Waals surface area contributed by atoms with Gasteiger partial charge < -0.3 is 19.5 Å². The second kappa shape index (κ2) is 9.30. The number of benzene rings is 2. The molecule has 0 spiro atoms. The van der Waals surface area contributed by atoms with E-state index in [1.807, 2.05) is 0 Å². The number of nitrogens with zero attached hydrogens (tertiary/aromatic N) is 1. The van der Waals surface area contributed by atoms with Gasteiger partial charge in [0.25, 0.3) is 5.69 Å². The predicted octanol–water partition coefficient (Wildman–Crippen LogP) is 2.66. The number of nitro benzene ring substituents is 1. The Morgan fingerprint density at radius 3 is 2.30 bits per heavy atom. The van der Waals surface area contributed by atoms with Crippen LogP contribution in [0.25, 0.3) is 0 Å². The lowest BCUT2D eigenvalue weighted by Crippen LogP contribution is -2.12. The van der Waals surface area contributed by atoms with Crippen molar-refractivity contribution in [1.82, 2.24) is 0 Å². The molecule has 0 radical (unpaired) electrons. The van der Waals surface area contributed by atoms with Crippen molar-refractivity contribution in [2.24, 2.45) is 0 Å². The quantitative estimate of drug-likeness (QED) is 0.246. The Hall–Kier alpha value is -3.46. The van der Waals surface area contributed by atoms with Crippen molar-refractivity contribution in [2.45, 2.75) is 0 Å². The van der Waals surface area contributed by atoms with Crippen LogP contribution in [0.1, 0.15) is 20.7 Å². The van der Waals surface area contributed by atoms with Crippen molar-refractivity contribution < 1.29 is 28.7 Å². The summed E-state index contributed by atoms with van der Waals surface area (Å²) in [5, 5.41) is 14.1. The van der Waals surface area contributed by atoms with Crippen LogP contribution in [0.15, 0.2) is 42.5 Å². The molecule has 0 unspecified atom stereocenters. The highest BCUT2D eigenvalue weighted by molar-refractivity contribution is 5.93. The number of hydrogen-bond donors (Lipinski definition) is 1. The molecule has 0 bridgehead atoms. The number of carbonyl (C=O) groups is 2. The normalized spacial score (nSPS) is 10.1. The molecule has 142 valence electrons. The van der Waals surface area contributed by atoms with Gasteiger partial charge in [-0.1, -0.05) is 0 Å². The number of rotatable bonds is 8. The Labute approximate surface area is 155 Å². The first-order chi connectivity index (χ1) is 13.0. The van der Waals surface area contributed by atoms with Crippen LogP contribution >= 0.6 is 0 Å². The Morgan fingerprint density at radius 2 is 1.70 bits per heavy atom. The number of esters is 2. The summed E-state index contributed by atoms with van der Waals surface area (Å²) < 4.78 is 14.7. The van der Waals surface area contributed by atoms with Crippen LogP contribution in [0.3, 0.4) is 0 Å². The van der Waals surface area contributed by atoms with Crippen LogP contribution in [0.5, 0.6) is 5.75 Å². The van der Waals surface area contributed by atoms with Gasteiger partial charge in [0.2, 0.25) is 0 Å². The van der Waals surface area contributed by atoms with Crippen LogP contribution in [0.2, 0.25) is 0 Å². The fourth-order valence-electron chi connectivity index (χ4n) is 2.19. The maximum absolute atomic E-state index is 12.3. The molecule has 27 heavy (non-hydrogen) atoms. The monoisotopic (exact) mass is 374 g/mol. The minimum absolute atomic E-state index is 0.0241. The number of methoxy groups -OCH3 is 2. The first-order valence-electron chi connectivity index (χ1n) is 7.88. The molecule has 1 N–H and O–H groups in total. The van der Waals surface area contributed by atoms with E-state index < -0.39 is 16.9 Å². The summed E-state index contributed by atoms with van der Waals surface area (Å²) >= 11 is 0. The zero-order chi connectivity index (χ0) is 19.8. The summed E-state index contributed by atoms with van der Waals surface area (Å²) in [6, 6.07) is 9.75. The summed E-state index contributed by atoms with van der Waals surface area (Å²) in [6.07, 6.45) is 0. The van der Waals surface area contributed by atoms with Gasteiger partial charge in [0.05, 0.1) is 29.8 Å². The number of hydrogen-bond acceptors (Lipinski definition) is 8. The molecule has 0 amide bonds. The Morgan fingerprint density at radius 1 is 1.04 bits per heavy atom. The van der Waals surface area contributed by atoms with Crippen molar-refractivity contribution in [3.05, 3.63) is 63.7 Å². The molecule has 0 aromatic heterocycles. The zero-order valence-electron chi connectivity index (χ0n) is 14.8. The van der Waals surface area contributed by atoms with E-state index in [0.717, 1.165) is 6.07 Å². The lowest BCUT2D eigenvalue weighted by atomic mass is 10.1. The minimum Gasteiger partial charge on any atom is -0.465 e. The third-order valence-electron chi connectivity index (χ3n) is 3.54. The summed E-state index contributed by atoms with van der Waals surface area (Å²) in [5.74, 6) is -1.08. The van der Waals surface area contributed by atoms with Crippen molar-refractivity contribution >= 4 is 23.3 Å². The molecule has 9 heteroatoms. The number of anilines is 1. The van der Waals surface area contributed by atoms with E-state index in [9.17, 15) is 19.7 Å². The molecule has 2 aromatic rings. The smallest absolute Gasteiger partial charge is 0.343 e. The molecule has 0 saturated heterocycles. The first kappa shape index (κ1) is 19.9. The Kier molecular flexibility index (Phi) is 6.84. The van der Waals surface area contributed by atoms with Crippen LogP contribution in [0.4, 0.5) is 11.4 Å². The SMILES string of the molecule is COCCNc1ccc(C(=O)Oc2ccc(C(=O)OC)cc2)cc1[N+](=O)[O-]. The molecule has 0 aliphatic carbocycles. The van der Waals surface area contributed by atoms with E-state index in [1.165, 1.54) is 50.6 Å². The molecule has 2 rings (SSSR count). The third kappa shape index (κ3) is 5.25. The zero-order valence-corrected chi connectivity index (χ0v) is 14.8. The van der Waals surface area contributed by atoms with Crippen molar-refractivity contribution in [2.75, 3.05) is 32.7 Å². The van der Waals surface area contributed by atoms with Gasteiger partial charge >= 0.3 is 11.9 Å². The van der Waals surface area contributed by atoms with E-state index in [0.29, 0.717) is 18.7 Å². The Balaban J connectivity index is 2.14. The number of carbonyl (C=O) groups excluding carboxylic acids is 2. The standard InChI is InChI=1S/C18H18N2O7/c1-25-10-9-19-15-8-5-13(11-16(15)20(23)24)18(22)27-14-6-3-12(4-7-14)17(21)26-2/h3-8,11,19H,9-10H2,1-2H3. The lowest BCUT2D eigenvalue weighted by molar-refractivity contribution is -0.384. The van der Waals surface area contributed by atoms with Crippen molar-refractivity contribution in [3.63, 3.8) is 0 Å². The van der Waals surface area contributed by atoms with E-state index in [2.05, 4.69) is 10.1 Å². The van der Waals surface area contributed by atoms with Gasteiger partial charge in [-0.15, -0.1) is 0 Å². The molecular formula is C18H18N2O7. The fraction of sp³-hybridized carbons (Fsp3) is 0.222.